The smallest absolute Gasteiger partial charge is 0.326 e. The predicted molar refractivity (Wildman–Crippen MR) is 95.1 cm³/mol. The van der Waals surface area contributed by atoms with E-state index in [-0.39, 0.29) is 17.7 Å². The topological polar surface area (TPSA) is 95.5 Å². The van der Waals surface area contributed by atoms with Crippen LogP contribution in [-0.4, -0.2) is 34.2 Å². The lowest BCUT2D eigenvalue weighted by Crippen LogP contribution is -2.47. The Morgan fingerprint density at radius 2 is 1.75 bits per heavy atom. The molecule has 3 unspecified atom stereocenters. The van der Waals surface area contributed by atoms with Crippen LogP contribution in [0.3, 0.4) is 0 Å². The highest BCUT2D eigenvalue weighted by molar-refractivity contribution is 8.00. The fraction of sp³-hybridized carbons (Fsp3) is 0.471. The molecule has 7 heteroatoms. The average molecular weight is 352 g/mol. The normalized spacial score (nSPS) is 14.3. The molecule has 132 valence electrons. The first-order valence-electron chi connectivity index (χ1n) is 7.82. The number of carboxylic acid groups (broad SMARTS) is 1. The summed E-state index contributed by atoms with van der Waals surface area (Å²) in [6.07, 6.45) is 0.670. The second kappa shape index (κ2) is 9.32. The Labute approximate surface area is 146 Å². The molecule has 2 amide bonds. The molecule has 0 aliphatic rings. The summed E-state index contributed by atoms with van der Waals surface area (Å²) in [6.45, 7) is 6.86. The van der Waals surface area contributed by atoms with Gasteiger partial charge in [-0.25, -0.2) is 4.79 Å². The molecule has 1 rings (SSSR count). The van der Waals surface area contributed by atoms with Crippen LogP contribution in [0.1, 0.15) is 34.1 Å². The first kappa shape index (κ1) is 20.0. The number of anilines is 1. The first-order chi connectivity index (χ1) is 11.2. The number of carboxylic acids is 1. The molecule has 0 aliphatic carbocycles. The molecular weight excluding hydrogens is 328 g/mol. The lowest BCUT2D eigenvalue weighted by molar-refractivity contribution is -0.143. The summed E-state index contributed by atoms with van der Waals surface area (Å²) >= 11 is 1.33. The molecule has 0 spiro atoms. The van der Waals surface area contributed by atoms with Crippen molar-refractivity contribution in [1.29, 1.82) is 0 Å². The van der Waals surface area contributed by atoms with Gasteiger partial charge in [0, 0.05) is 17.5 Å². The zero-order valence-electron chi connectivity index (χ0n) is 14.3. The van der Waals surface area contributed by atoms with Gasteiger partial charge in [-0.05, 0) is 37.1 Å². The van der Waals surface area contributed by atoms with Crippen LogP contribution in [0.5, 0.6) is 0 Å². The summed E-state index contributed by atoms with van der Waals surface area (Å²) in [5.74, 6) is -1.61. The van der Waals surface area contributed by atoms with Crippen molar-refractivity contribution in [3.63, 3.8) is 0 Å². The molecule has 0 aromatic heterocycles. The van der Waals surface area contributed by atoms with E-state index in [1.54, 1.807) is 26.0 Å². The van der Waals surface area contributed by atoms with Gasteiger partial charge in [0.25, 0.3) is 0 Å². The quantitative estimate of drug-likeness (QED) is 0.625. The molecule has 1 aromatic carbocycles. The van der Waals surface area contributed by atoms with Gasteiger partial charge in [0.2, 0.25) is 11.8 Å². The summed E-state index contributed by atoms with van der Waals surface area (Å²) in [5, 5.41) is 14.1. The van der Waals surface area contributed by atoms with Gasteiger partial charge in [-0.3, -0.25) is 9.59 Å². The third-order valence-electron chi connectivity index (χ3n) is 3.63. The van der Waals surface area contributed by atoms with E-state index >= 15 is 0 Å². The monoisotopic (exact) mass is 352 g/mol. The molecule has 0 saturated heterocycles. The molecule has 6 nitrogen and oxygen atoms in total. The van der Waals surface area contributed by atoms with Crippen LogP contribution in [0.2, 0.25) is 0 Å². The molecule has 3 N–H and O–H groups in total. The number of rotatable bonds is 8. The number of hydrogen-bond acceptors (Lipinski definition) is 4. The van der Waals surface area contributed by atoms with Crippen LogP contribution in [0.25, 0.3) is 0 Å². The molecule has 1 aromatic rings. The van der Waals surface area contributed by atoms with E-state index in [0.29, 0.717) is 12.1 Å². The number of carbonyl (C=O) groups excluding carboxylic acids is 2. The zero-order chi connectivity index (χ0) is 18.3. The van der Waals surface area contributed by atoms with Gasteiger partial charge >= 0.3 is 5.97 Å². The third-order valence-corrected chi connectivity index (χ3v) is 4.75. The highest BCUT2D eigenvalue weighted by Gasteiger charge is 2.27. The maximum Gasteiger partial charge on any atom is 0.326 e. The third kappa shape index (κ3) is 6.23. The number of benzene rings is 1. The minimum atomic E-state index is -1.02. The maximum absolute atomic E-state index is 12.2. The van der Waals surface area contributed by atoms with Crippen molar-refractivity contribution in [3.05, 3.63) is 24.3 Å². The number of amides is 2. The van der Waals surface area contributed by atoms with Crippen molar-refractivity contribution in [2.75, 3.05) is 5.32 Å². The lowest BCUT2D eigenvalue weighted by Gasteiger charge is -2.22. The lowest BCUT2D eigenvalue weighted by atomic mass is 9.99. The highest BCUT2D eigenvalue weighted by atomic mass is 32.2. The Bertz CT molecular complexity index is 589. The van der Waals surface area contributed by atoms with Crippen molar-refractivity contribution in [1.82, 2.24) is 5.32 Å². The largest absolute Gasteiger partial charge is 0.480 e. The predicted octanol–water partition coefficient (Wildman–Crippen LogP) is 2.74. The van der Waals surface area contributed by atoms with Gasteiger partial charge < -0.3 is 15.7 Å². The molecule has 0 bridgehead atoms. The highest BCUT2D eigenvalue weighted by Crippen LogP contribution is 2.25. The van der Waals surface area contributed by atoms with Crippen LogP contribution in [0, 0.1) is 5.92 Å². The summed E-state index contributed by atoms with van der Waals surface area (Å²) < 4.78 is 0. The van der Waals surface area contributed by atoms with Gasteiger partial charge in [-0.2, -0.15) is 0 Å². The van der Waals surface area contributed by atoms with Crippen LogP contribution >= 0.6 is 11.8 Å². The Morgan fingerprint density at radius 1 is 1.17 bits per heavy atom. The Kier molecular flexibility index (Phi) is 7.78. The zero-order valence-corrected chi connectivity index (χ0v) is 15.1. The molecule has 0 saturated carbocycles. The molecule has 0 aliphatic heterocycles. The molecular formula is C17H24N2O4S. The van der Waals surface area contributed by atoms with Crippen molar-refractivity contribution >= 4 is 35.2 Å². The minimum Gasteiger partial charge on any atom is -0.480 e. The van der Waals surface area contributed by atoms with Crippen molar-refractivity contribution in [3.8, 4) is 0 Å². The van der Waals surface area contributed by atoms with Crippen molar-refractivity contribution in [2.24, 2.45) is 5.92 Å². The molecule has 24 heavy (non-hydrogen) atoms. The summed E-state index contributed by atoms with van der Waals surface area (Å²) in [4.78, 5) is 35.4. The molecule has 0 radical (unpaired) electrons. The van der Waals surface area contributed by atoms with Gasteiger partial charge in [0.15, 0.2) is 0 Å². The van der Waals surface area contributed by atoms with Crippen molar-refractivity contribution in [2.45, 2.75) is 50.3 Å². The SMILES string of the molecule is CCC(C)C(NC(=O)C(C)Sc1ccc(NC(C)=O)cc1)C(=O)O. The average Bonchev–Trinajstić information content (AvgIpc) is 2.52. The van der Waals surface area contributed by atoms with E-state index in [4.69, 9.17) is 0 Å². The van der Waals surface area contributed by atoms with E-state index in [1.807, 2.05) is 19.1 Å². The van der Waals surface area contributed by atoms with Crippen molar-refractivity contribution < 1.29 is 19.5 Å². The van der Waals surface area contributed by atoms with E-state index in [0.717, 1.165) is 4.90 Å². The minimum absolute atomic E-state index is 0.138. The summed E-state index contributed by atoms with van der Waals surface area (Å²) in [6, 6.07) is 6.25. The first-order valence-corrected chi connectivity index (χ1v) is 8.70. The second-order valence-corrected chi connectivity index (χ2v) is 7.09. The Hall–Kier alpha value is -2.02. The fourth-order valence-corrected chi connectivity index (χ4v) is 2.91. The second-order valence-electron chi connectivity index (χ2n) is 5.68. The van der Waals surface area contributed by atoms with Gasteiger partial charge in [-0.15, -0.1) is 11.8 Å². The van der Waals surface area contributed by atoms with Gasteiger partial charge in [-0.1, -0.05) is 20.3 Å². The van der Waals surface area contributed by atoms with Gasteiger partial charge in [0.1, 0.15) is 6.04 Å². The van der Waals surface area contributed by atoms with Crippen LogP contribution in [0.4, 0.5) is 5.69 Å². The van der Waals surface area contributed by atoms with Crippen LogP contribution in [0.15, 0.2) is 29.2 Å². The number of carbonyl (C=O) groups is 3. The van der Waals surface area contributed by atoms with Crippen LogP contribution < -0.4 is 10.6 Å². The fourth-order valence-electron chi connectivity index (χ4n) is 2.03. The molecule has 0 fully saturated rings. The maximum atomic E-state index is 12.2. The van der Waals surface area contributed by atoms with Gasteiger partial charge in [0.05, 0.1) is 5.25 Å². The van der Waals surface area contributed by atoms with Crippen LogP contribution in [-0.2, 0) is 14.4 Å². The van der Waals surface area contributed by atoms with E-state index in [2.05, 4.69) is 10.6 Å². The number of hydrogen-bond donors (Lipinski definition) is 3. The summed E-state index contributed by atoms with van der Waals surface area (Å²) in [5.41, 5.74) is 0.687. The summed E-state index contributed by atoms with van der Waals surface area (Å²) in [7, 11) is 0. The molecule has 0 heterocycles. The Morgan fingerprint density at radius 3 is 2.21 bits per heavy atom. The number of nitrogens with one attached hydrogen (secondary N) is 2. The van der Waals surface area contributed by atoms with E-state index in [1.165, 1.54) is 18.7 Å². The molecule has 3 atom stereocenters. The van der Waals surface area contributed by atoms with E-state index < -0.39 is 17.3 Å². The Balaban J connectivity index is 2.66. The number of thioether (sulfide) groups is 1. The van der Waals surface area contributed by atoms with E-state index in [9.17, 15) is 19.5 Å². The number of aliphatic carboxylic acids is 1. The standard InChI is InChI=1S/C17H24N2O4S/c1-5-10(2)15(17(22)23)19-16(21)11(3)24-14-8-6-13(7-9-14)18-12(4)20/h6-11,15H,5H2,1-4H3,(H,18,20)(H,19,21)(H,22,23).